The molecule has 0 radical (unpaired) electrons. The molecule has 88 valence electrons. The zero-order chi connectivity index (χ0) is 11.5. The van der Waals surface area contributed by atoms with E-state index < -0.39 is 0 Å². The lowest BCUT2D eigenvalue weighted by atomic mass is 9.89. The van der Waals surface area contributed by atoms with Crippen molar-refractivity contribution < 1.29 is 4.79 Å². The second-order valence-electron chi connectivity index (χ2n) is 5.06. The van der Waals surface area contributed by atoms with Gasteiger partial charge in [-0.15, -0.1) is 0 Å². The van der Waals surface area contributed by atoms with Crippen molar-refractivity contribution >= 4 is 5.91 Å². The molecule has 3 atom stereocenters. The Hall–Kier alpha value is -1.05. The van der Waals surface area contributed by atoms with Gasteiger partial charge in [0, 0.05) is 13.5 Å². The van der Waals surface area contributed by atoms with Crippen LogP contribution >= 0.6 is 0 Å². The number of carbonyl (C=O) groups excluding carboxylic acids is 1. The maximum absolute atomic E-state index is 11.3. The Bertz CT molecular complexity index is 308. The van der Waals surface area contributed by atoms with Gasteiger partial charge in [0.25, 0.3) is 0 Å². The fraction of sp³-hybridized carbons (Fsp3) is 0.643. The van der Waals surface area contributed by atoms with Crippen LogP contribution in [0.1, 0.15) is 32.6 Å². The van der Waals surface area contributed by atoms with E-state index in [9.17, 15) is 4.79 Å². The molecule has 0 bridgehead atoms. The van der Waals surface area contributed by atoms with Crippen LogP contribution in [0.15, 0.2) is 24.9 Å². The lowest BCUT2D eigenvalue weighted by Crippen LogP contribution is -2.25. The summed E-state index contributed by atoms with van der Waals surface area (Å²) in [6.07, 6.45) is 11.4. The molecule has 16 heavy (non-hydrogen) atoms. The molecule has 0 spiro atoms. The number of nitrogens with zero attached hydrogens (tertiary/aromatic N) is 1. The molecule has 0 heterocycles. The molecule has 1 saturated carbocycles. The molecule has 0 aliphatic heterocycles. The van der Waals surface area contributed by atoms with Crippen LogP contribution < -0.4 is 0 Å². The Morgan fingerprint density at radius 3 is 2.94 bits per heavy atom. The predicted molar refractivity (Wildman–Crippen MR) is 65.7 cm³/mol. The zero-order valence-corrected chi connectivity index (χ0v) is 10.1. The first-order valence-electron chi connectivity index (χ1n) is 6.27. The Morgan fingerprint density at radius 2 is 2.38 bits per heavy atom. The van der Waals surface area contributed by atoms with Crippen LogP contribution in [0.2, 0.25) is 0 Å². The molecule has 2 aliphatic rings. The van der Waals surface area contributed by atoms with Crippen LogP contribution in [0, 0.1) is 17.8 Å². The van der Waals surface area contributed by atoms with Crippen LogP contribution in [-0.2, 0) is 4.79 Å². The number of allylic oxidation sites excluding steroid dienone is 2. The average Bonchev–Trinajstić information content (AvgIpc) is 3.06. The summed E-state index contributed by atoms with van der Waals surface area (Å²) in [7, 11) is 0. The van der Waals surface area contributed by atoms with Gasteiger partial charge < -0.3 is 4.90 Å². The number of amides is 1. The summed E-state index contributed by atoms with van der Waals surface area (Å²) in [5, 5.41) is 0. The highest BCUT2D eigenvalue weighted by atomic mass is 16.2. The topological polar surface area (TPSA) is 20.3 Å². The highest BCUT2D eigenvalue weighted by molar-refractivity contribution is 5.74. The molecule has 2 rings (SSSR count). The van der Waals surface area contributed by atoms with Gasteiger partial charge in [0.1, 0.15) is 0 Å². The van der Waals surface area contributed by atoms with Crippen molar-refractivity contribution in [3.05, 3.63) is 24.9 Å². The van der Waals surface area contributed by atoms with Gasteiger partial charge in [-0.2, -0.15) is 0 Å². The lowest BCUT2D eigenvalue weighted by Gasteiger charge is -2.20. The summed E-state index contributed by atoms with van der Waals surface area (Å²) in [4.78, 5) is 13.0. The SMILES string of the molecule is C=CN(CC1CC1C1CC=CCC1)C(C)=O. The fourth-order valence-electron chi connectivity index (χ4n) is 2.85. The van der Waals surface area contributed by atoms with E-state index in [0.29, 0.717) is 0 Å². The van der Waals surface area contributed by atoms with Crippen molar-refractivity contribution in [2.75, 3.05) is 6.54 Å². The molecule has 0 N–H and O–H groups in total. The van der Waals surface area contributed by atoms with E-state index in [1.54, 1.807) is 18.0 Å². The largest absolute Gasteiger partial charge is 0.320 e. The van der Waals surface area contributed by atoms with Crippen LogP contribution in [0.3, 0.4) is 0 Å². The quantitative estimate of drug-likeness (QED) is 0.666. The van der Waals surface area contributed by atoms with Gasteiger partial charge in [-0.1, -0.05) is 18.7 Å². The molecule has 1 fully saturated rings. The molecule has 2 nitrogen and oxygen atoms in total. The molecule has 0 aromatic heterocycles. The molecule has 2 aliphatic carbocycles. The van der Waals surface area contributed by atoms with E-state index in [1.165, 1.54) is 25.7 Å². The van der Waals surface area contributed by atoms with Crippen LogP contribution in [0.5, 0.6) is 0 Å². The van der Waals surface area contributed by atoms with Crippen molar-refractivity contribution in [3.63, 3.8) is 0 Å². The van der Waals surface area contributed by atoms with E-state index in [0.717, 1.165) is 24.3 Å². The molecule has 0 aromatic rings. The van der Waals surface area contributed by atoms with Crippen molar-refractivity contribution in [1.82, 2.24) is 4.90 Å². The Kier molecular flexibility index (Phi) is 3.47. The van der Waals surface area contributed by atoms with Gasteiger partial charge in [0.2, 0.25) is 5.91 Å². The maximum Gasteiger partial charge on any atom is 0.223 e. The van der Waals surface area contributed by atoms with Gasteiger partial charge in [0.05, 0.1) is 0 Å². The minimum absolute atomic E-state index is 0.115. The summed E-state index contributed by atoms with van der Waals surface area (Å²) in [6, 6.07) is 0. The van der Waals surface area contributed by atoms with Crippen molar-refractivity contribution in [1.29, 1.82) is 0 Å². The highest BCUT2D eigenvalue weighted by Crippen LogP contribution is 2.48. The first-order chi connectivity index (χ1) is 7.72. The molecular weight excluding hydrogens is 198 g/mol. The average molecular weight is 219 g/mol. The number of hydrogen-bond donors (Lipinski definition) is 0. The third-order valence-corrected chi connectivity index (χ3v) is 3.95. The van der Waals surface area contributed by atoms with Gasteiger partial charge >= 0.3 is 0 Å². The highest BCUT2D eigenvalue weighted by Gasteiger charge is 2.43. The molecule has 3 unspecified atom stereocenters. The summed E-state index contributed by atoms with van der Waals surface area (Å²) < 4.78 is 0. The third kappa shape index (κ3) is 2.55. The Labute approximate surface area is 98.0 Å². The monoisotopic (exact) mass is 219 g/mol. The van der Waals surface area contributed by atoms with E-state index in [-0.39, 0.29) is 5.91 Å². The van der Waals surface area contributed by atoms with E-state index >= 15 is 0 Å². The van der Waals surface area contributed by atoms with Gasteiger partial charge in [-0.3, -0.25) is 4.79 Å². The number of hydrogen-bond acceptors (Lipinski definition) is 1. The minimum Gasteiger partial charge on any atom is -0.320 e. The third-order valence-electron chi connectivity index (χ3n) is 3.95. The van der Waals surface area contributed by atoms with E-state index in [1.807, 2.05) is 0 Å². The van der Waals surface area contributed by atoms with Crippen LogP contribution in [0.25, 0.3) is 0 Å². The van der Waals surface area contributed by atoms with Crippen LogP contribution in [0.4, 0.5) is 0 Å². The standard InChI is InChI=1S/C14H21NO/c1-3-15(11(2)16)10-13-9-14(13)12-7-5-4-6-8-12/h3-5,12-14H,1,6-10H2,2H3. The summed E-state index contributed by atoms with van der Waals surface area (Å²) in [5.74, 6) is 2.56. The fourth-order valence-corrected chi connectivity index (χ4v) is 2.85. The second-order valence-corrected chi connectivity index (χ2v) is 5.06. The maximum atomic E-state index is 11.3. The Morgan fingerprint density at radius 1 is 1.56 bits per heavy atom. The summed E-state index contributed by atoms with van der Waals surface area (Å²) in [6.45, 7) is 6.19. The molecule has 0 saturated heterocycles. The van der Waals surface area contributed by atoms with Gasteiger partial charge in [-0.05, 0) is 49.6 Å². The minimum atomic E-state index is 0.115. The van der Waals surface area contributed by atoms with Crippen molar-refractivity contribution in [2.45, 2.75) is 32.6 Å². The van der Waals surface area contributed by atoms with Crippen molar-refractivity contribution in [2.24, 2.45) is 17.8 Å². The predicted octanol–water partition coefficient (Wildman–Crippen LogP) is 2.97. The first-order valence-corrected chi connectivity index (χ1v) is 6.27. The molecule has 2 heteroatoms. The van der Waals surface area contributed by atoms with Gasteiger partial charge in [-0.25, -0.2) is 0 Å². The number of rotatable bonds is 4. The second kappa shape index (κ2) is 4.86. The van der Waals surface area contributed by atoms with E-state index in [4.69, 9.17) is 0 Å². The van der Waals surface area contributed by atoms with Gasteiger partial charge in [0.15, 0.2) is 0 Å². The zero-order valence-electron chi connectivity index (χ0n) is 10.1. The normalized spacial score (nSPS) is 32.2. The Balaban J connectivity index is 1.80. The summed E-state index contributed by atoms with van der Waals surface area (Å²) in [5.41, 5.74) is 0. The summed E-state index contributed by atoms with van der Waals surface area (Å²) >= 11 is 0. The molecule has 0 aromatic carbocycles. The first kappa shape index (κ1) is 11.4. The molecular formula is C14H21NO. The van der Waals surface area contributed by atoms with Crippen LogP contribution in [-0.4, -0.2) is 17.4 Å². The lowest BCUT2D eigenvalue weighted by molar-refractivity contribution is -0.126. The number of carbonyl (C=O) groups is 1. The van der Waals surface area contributed by atoms with Crippen molar-refractivity contribution in [3.8, 4) is 0 Å². The smallest absolute Gasteiger partial charge is 0.223 e. The van der Waals surface area contributed by atoms with E-state index in [2.05, 4.69) is 18.7 Å². The molecule has 1 amide bonds.